The van der Waals surface area contributed by atoms with Gasteiger partial charge in [-0.3, -0.25) is 5.10 Å². The lowest BCUT2D eigenvalue weighted by Gasteiger charge is -2.30. The second kappa shape index (κ2) is 7.49. The standard InChI is InChI=1S/C22H26ClN5O/c1-14-20-17(11-15(25-14)5-8-22(2,3)29)19(18-12-24-26-21(18)23)13-28(20)16-6-9-27(4)10-7-16/h11-13,16,29H,6-7,9-10H2,1-4H3,(H,24,26). The number of piperidine rings is 1. The molecule has 0 aliphatic carbocycles. The Morgan fingerprint density at radius 1 is 1.28 bits per heavy atom. The molecular weight excluding hydrogens is 386 g/mol. The molecule has 0 radical (unpaired) electrons. The molecule has 29 heavy (non-hydrogen) atoms. The van der Waals surface area contributed by atoms with Crippen molar-refractivity contribution >= 4 is 22.5 Å². The maximum Gasteiger partial charge on any atom is 0.158 e. The molecule has 0 atom stereocenters. The van der Waals surface area contributed by atoms with E-state index >= 15 is 0 Å². The van der Waals surface area contributed by atoms with Crippen LogP contribution in [-0.4, -0.2) is 55.5 Å². The summed E-state index contributed by atoms with van der Waals surface area (Å²) in [6.45, 7) is 7.50. The topological polar surface area (TPSA) is 70.0 Å². The number of pyridine rings is 1. The average Bonchev–Trinajstić information content (AvgIpc) is 3.24. The minimum absolute atomic E-state index is 0.418. The van der Waals surface area contributed by atoms with Gasteiger partial charge in [0.1, 0.15) is 11.3 Å². The van der Waals surface area contributed by atoms with Gasteiger partial charge in [0.2, 0.25) is 0 Å². The van der Waals surface area contributed by atoms with E-state index in [9.17, 15) is 5.11 Å². The molecule has 1 fully saturated rings. The van der Waals surface area contributed by atoms with Gasteiger partial charge < -0.3 is 14.6 Å². The number of aliphatic hydroxyl groups is 1. The van der Waals surface area contributed by atoms with Crippen LogP contribution in [0.4, 0.5) is 0 Å². The Morgan fingerprint density at radius 2 is 2.00 bits per heavy atom. The van der Waals surface area contributed by atoms with Crippen LogP contribution in [0.5, 0.6) is 0 Å². The fourth-order valence-corrected chi connectivity index (χ4v) is 4.19. The van der Waals surface area contributed by atoms with E-state index in [2.05, 4.69) is 44.7 Å². The van der Waals surface area contributed by atoms with Gasteiger partial charge in [-0.15, -0.1) is 0 Å². The predicted octanol–water partition coefficient (Wildman–Crippen LogP) is 3.78. The maximum atomic E-state index is 9.96. The van der Waals surface area contributed by atoms with Gasteiger partial charge in [-0.1, -0.05) is 17.5 Å². The minimum atomic E-state index is -1.07. The number of aromatic nitrogens is 4. The molecule has 4 heterocycles. The summed E-state index contributed by atoms with van der Waals surface area (Å²) in [4.78, 5) is 7.09. The number of aromatic amines is 1. The second-order valence-corrected chi connectivity index (χ2v) is 8.73. The third kappa shape index (κ3) is 4.04. The number of likely N-dealkylation sites (tertiary alicyclic amines) is 1. The van der Waals surface area contributed by atoms with Gasteiger partial charge in [0.25, 0.3) is 0 Å². The molecule has 0 spiro atoms. The van der Waals surface area contributed by atoms with E-state index in [0.29, 0.717) is 16.9 Å². The molecule has 6 nitrogen and oxygen atoms in total. The van der Waals surface area contributed by atoms with Crippen LogP contribution in [0.25, 0.3) is 22.0 Å². The fourth-order valence-electron chi connectivity index (χ4n) is 3.99. The molecule has 1 aliphatic rings. The lowest BCUT2D eigenvalue weighted by atomic mass is 10.0. The van der Waals surface area contributed by atoms with E-state index in [1.54, 1.807) is 13.8 Å². The number of hydrogen-bond donors (Lipinski definition) is 2. The lowest BCUT2D eigenvalue weighted by Crippen LogP contribution is -2.31. The molecule has 3 aromatic rings. The Morgan fingerprint density at radius 3 is 2.62 bits per heavy atom. The lowest BCUT2D eigenvalue weighted by molar-refractivity contribution is 0.143. The van der Waals surface area contributed by atoms with Crippen LogP contribution in [0.2, 0.25) is 5.15 Å². The summed E-state index contributed by atoms with van der Waals surface area (Å²) in [6.07, 6.45) is 6.20. The normalized spacial score (nSPS) is 16.2. The highest BCUT2D eigenvalue weighted by Gasteiger charge is 2.24. The van der Waals surface area contributed by atoms with E-state index in [4.69, 9.17) is 16.6 Å². The van der Waals surface area contributed by atoms with Crippen LogP contribution in [0.3, 0.4) is 0 Å². The van der Waals surface area contributed by atoms with Crippen molar-refractivity contribution in [1.29, 1.82) is 0 Å². The number of rotatable bonds is 2. The van der Waals surface area contributed by atoms with E-state index in [1.807, 2.05) is 19.2 Å². The van der Waals surface area contributed by atoms with Gasteiger partial charge >= 0.3 is 0 Å². The van der Waals surface area contributed by atoms with Crippen molar-refractivity contribution in [2.24, 2.45) is 0 Å². The summed E-state index contributed by atoms with van der Waals surface area (Å²) >= 11 is 6.35. The van der Waals surface area contributed by atoms with Crippen molar-refractivity contribution in [2.75, 3.05) is 20.1 Å². The molecule has 1 aliphatic heterocycles. The van der Waals surface area contributed by atoms with Crippen LogP contribution in [0.1, 0.15) is 44.1 Å². The summed E-state index contributed by atoms with van der Waals surface area (Å²) in [5.41, 5.74) is 3.50. The van der Waals surface area contributed by atoms with E-state index in [-0.39, 0.29) is 0 Å². The van der Waals surface area contributed by atoms with Gasteiger partial charge in [-0.05, 0) is 65.7 Å². The third-order valence-corrected chi connectivity index (χ3v) is 5.73. The van der Waals surface area contributed by atoms with Gasteiger partial charge in [0, 0.05) is 34.9 Å². The second-order valence-electron chi connectivity index (χ2n) is 8.37. The monoisotopic (exact) mass is 411 g/mol. The van der Waals surface area contributed by atoms with Crippen molar-refractivity contribution in [1.82, 2.24) is 24.6 Å². The molecule has 2 N–H and O–H groups in total. The number of aryl methyl sites for hydroxylation is 1. The highest BCUT2D eigenvalue weighted by atomic mass is 35.5. The molecular formula is C22H26ClN5O. The summed E-state index contributed by atoms with van der Waals surface area (Å²) in [5, 5.41) is 18.4. The average molecular weight is 412 g/mol. The highest BCUT2D eigenvalue weighted by molar-refractivity contribution is 6.32. The van der Waals surface area contributed by atoms with Gasteiger partial charge in [-0.25, -0.2) is 4.98 Å². The molecule has 152 valence electrons. The number of nitrogens with one attached hydrogen (secondary N) is 1. The number of nitrogens with zero attached hydrogens (tertiary/aromatic N) is 4. The largest absolute Gasteiger partial charge is 0.378 e. The molecule has 0 saturated carbocycles. The van der Waals surface area contributed by atoms with Gasteiger partial charge in [0.15, 0.2) is 5.15 Å². The van der Waals surface area contributed by atoms with Gasteiger partial charge in [0.05, 0.1) is 11.2 Å². The smallest absolute Gasteiger partial charge is 0.158 e. The zero-order chi connectivity index (χ0) is 20.8. The van der Waals surface area contributed by atoms with E-state index in [1.165, 1.54) is 0 Å². The first kappa shape index (κ1) is 20.0. The third-order valence-electron chi connectivity index (χ3n) is 5.45. The first-order valence-corrected chi connectivity index (χ1v) is 10.3. The minimum Gasteiger partial charge on any atom is -0.378 e. The summed E-state index contributed by atoms with van der Waals surface area (Å²) in [5.74, 6) is 5.87. The van der Waals surface area contributed by atoms with Crippen LogP contribution in [-0.2, 0) is 0 Å². The Balaban J connectivity index is 1.91. The first-order chi connectivity index (χ1) is 13.7. The van der Waals surface area contributed by atoms with Crippen LogP contribution in [0.15, 0.2) is 18.5 Å². The van der Waals surface area contributed by atoms with Crippen molar-refractivity contribution in [3.63, 3.8) is 0 Å². The van der Waals surface area contributed by atoms with Crippen molar-refractivity contribution in [2.45, 2.75) is 45.3 Å². The molecule has 1 saturated heterocycles. The zero-order valence-electron chi connectivity index (χ0n) is 17.3. The van der Waals surface area contributed by atoms with Crippen molar-refractivity contribution < 1.29 is 5.11 Å². The number of halogens is 1. The Labute approximate surface area is 175 Å². The Bertz CT molecular complexity index is 1100. The summed E-state index contributed by atoms with van der Waals surface area (Å²) in [6, 6.07) is 2.41. The quantitative estimate of drug-likeness (QED) is 0.629. The predicted molar refractivity (Wildman–Crippen MR) is 116 cm³/mol. The molecule has 7 heteroatoms. The molecule has 0 aromatic carbocycles. The first-order valence-electron chi connectivity index (χ1n) is 9.89. The summed E-state index contributed by atoms with van der Waals surface area (Å²) < 4.78 is 2.36. The van der Waals surface area contributed by atoms with Crippen LogP contribution in [0, 0.1) is 18.8 Å². The zero-order valence-corrected chi connectivity index (χ0v) is 18.0. The summed E-state index contributed by atoms with van der Waals surface area (Å²) in [7, 11) is 2.17. The van der Waals surface area contributed by atoms with Crippen molar-refractivity contribution in [3.05, 3.63) is 35.0 Å². The van der Waals surface area contributed by atoms with Crippen LogP contribution >= 0.6 is 11.6 Å². The fraction of sp³-hybridized carbons (Fsp3) is 0.455. The maximum absolute atomic E-state index is 9.96. The van der Waals surface area contributed by atoms with E-state index < -0.39 is 5.60 Å². The van der Waals surface area contributed by atoms with Gasteiger partial charge in [-0.2, -0.15) is 5.10 Å². The SMILES string of the molecule is Cc1nc(C#CC(C)(C)O)cc2c(-c3c[nH]nc3Cl)cn(C3CCN(C)CC3)c12. The highest BCUT2D eigenvalue weighted by Crippen LogP contribution is 2.38. The van der Waals surface area contributed by atoms with Crippen LogP contribution < -0.4 is 0 Å². The number of hydrogen-bond acceptors (Lipinski definition) is 4. The molecule has 3 aromatic heterocycles. The molecule has 0 bridgehead atoms. The molecule has 4 rings (SSSR count). The Hall–Kier alpha value is -2.33. The molecule has 0 unspecified atom stereocenters. The Kier molecular flexibility index (Phi) is 5.16. The van der Waals surface area contributed by atoms with Crippen molar-refractivity contribution in [3.8, 4) is 23.0 Å². The number of H-pyrrole nitrogens is 1. The number of fused-ring (bicyclic) bond motifs is 1. The molecule has 0 amide bonds. The van der Waals surface area contributed by atoms with E-state index in [0.717, 1.165) is 53.7 Å².